The van der Waals surface area contributed by atoms with Crippen molar-refractivity contribution in [3.05, 3.63) is 29.8 Å². The van der Waals surface area contributed by atoms with Crippen LogP contribution in [0.25, 0.3) is 0 Å². The van der Waals surface area contributed by atoms with Gasteiger partial charge in [-0.15, -0.1) is 0 Å². The fourth-order valence-corrected chi connectivity index (χ4v) is 3.63. The molecule has 1 aromatic rings. The Labute approximate surface area is 125 Å². The molecular weight excluding hydrogens is 268 g/mol. The van der Waals surface area contributed by atoms with Gasteiger partial charge in [-0.05, 0) is 44.6 Å². The van der Waals surface area contributed by atoms with Crippen LogP contribution in [-0.4, -0.2) is 29.5 Å². The molecule has 1 aromatic carbocycles. The van der Waals surface area contributed by atoms with E-state index in [0.29, 0.717) is 11.3 Å². The highest BCUT2D eigenvalue weighted by atomic mass is 32.2. The molecule has 1 aliphatic rings. The van der Waals surface area contributed by atoms with Crippen molar-refractivity contribution in [3.8, 4) is 0 Å². The van der Waals surface area contributed by atoms with E-state index in [1.54, 1.807) is 0 Å². The molecule has 1 unspecified atom stereocenters. The van der Waals surface area contributed by atoms with E-state index in [-0.39, 0.29) is 5.91 Å². The van der Waals surface area contributed by atoms with Crippen molar-refractivity contribution >= 4 is 23.4 Å². The maximum atomic E-state index is 12.3. The van der Waals surface area contributed by atoms with Gasteiger partial charge in [0.25, 0.3) is 5.91 Å². The van der Waals surface area contributed by atoms with Crippen LogP contribution in [0.15, 0.2) is 24.3 Å². The first-order valence-corrected chi connectivity index (χ1v) is 8.47. The number of hydrogen-bond donors (Lipinski definition) is 2. The average molecular weight is 292 g/mol. The lowest BCUT2D eigenvalue weighted by molar-refractivity contribution is 0.0954. The maximum absolute atomic E-state index is 12.3. The Bertz CT molecular complexity index is 442. The number of carbonyl (C=O) groups excluding carboxylic acids is 1. The second-order valence-corrected chi connectivity index (χ2v) is 6.95. The fourth-order valence-electron chi connectivity index (χ4n) is 2.39. The van der Waals surface area contributed by atoms with Crippen LogP contribution >= 0.6 is 11.8 Å². The second kappa shape index (κ2) is 7.58. The number of rotatable bonds is 5. The molecular formula is C16H24N2OS. The average Bonchev–Trinajstić information content (AvgIpc) is 2.46. The van der Waals surface area contributed by atoms with E-state index >= 15 is 0 Å². The van der Waals surface area contributed by atoms with Crippen LogP contribution in [0.4, 0.5) is 5.69 Å². The lowest BCUT2D eigenvalue weighted by Crippen LogP contribution is -2.32. The molecule has 0 bridgehead atoms. The molecule has 0 spiro atoms. The highest BCUT2D eigenvalue weighted by Gasteiger charge is 2.16. The molecule has 4 heteroatoms. The molecule has 3 nitrogen and oxygen atoms in total. The number of amides is 1. The van der Waals surface area contributed by atoms with Crippen LogP contribution in [0, 0.1) is 0 Å². The molecule has 0 radical (unpaired) electrons. The highest BCUT2D eigenvalue weighted by molar-refractivity contribution is 7.99. The Morgan fingerprint density at radius 1 is 1.35 bits per heavy atom. The molecule has 110 valence electrons. The smallest absolute Gasteiger partial charge is 0.253 e. The summed E-state index contributed by atoms with van der Waals surface area (Å²) in [7, 11) is 0. The molecule has 1 saturated heterocycles. The number of thioether (sulfide) groups is 1. The van der Waals surface area contributed by atoms with Crippen molar-refractivity contribution in [1.29, 1.82) is 0 Å². The number of para-hydroxylation sites is 1. The van der Waals surface area contributed by atoms with Gasteiger partial charge in [0.2, 0.25) is 0 Å². The third kappa shape index (κ3) is 4.44. The molecule has 20 heavy (non-hydrogen) atoms. The molecule has 0 aromatic heterocycles. The minimum absolute atomic E-state index is 0.0277. The van der Waals surface area contributed by atoms with Crippen LogP contribution in [0.1, 0.15) is 43.5 Å². The van der Waals surface area contributed by atoms with Gasteiger partial charge in [-0.25, -0.2) is 0 Å². The molecule has 1 amide bonds. The van der Waals surface area contributed by atoms with Gasteiger partial charge in [-0.3, -0.25) is 4.79 Å². The predicted molar refractivity (Wildman–Crippen MR) is 87.6 cm³/mol. The monoisotopic (exact) mass is 292 g/mol. The summed E-state index contributed by atoms with van der Waals surface area (Å²) in [4.78, 5) is 12.3. The van der Waals surface area contributed by atoms with E-state index in [2.05, 4.69) is 24.5 Å². The van der Waals surface area contributed by atoms with Crippen molar-refractivity contribution in [2.24, 2.45) is 0 Å². The first-order chi connectivity index (χ1) is 9.66. The van der Waals surface area contributed by atoms with Crippen molar-refractivity contribution in [3.63, 3.8) is 0 Å². The minimum atomic E-state index is 0.0277. The number of carbonyl (C=O) groups is 1. The molecule has 1 fully saturated rings. The Morgan fingerprint density at radius 2 is 2.15 bits per heavy atom. The van der Waals surface area contributed by atoms with Gasteiger partial charge in [-0.1, -0.05) is 18.6 Å². The van der Waals surface area contributed by atoms with Gasteiger partial charge in [0.1, 0.15) is 0 Å². The SMILES string of the molecule is CC(C)Nc1ccccc1C(=O)NCC1CCCCS1. The third-order valence-electron chi connectivity index (χ3n) is 3.38. The molecule has 2 N–H and O–H groups in total. The summed E-state index contributed by atoms with van der Waals surface area (Å²) in [5.74, 6) is 1.26. The van der Waals surface area contributed by atoms with Gasteiger partial charge in [-0.2, -0.15) is 11.8 Å². The number of anilines is 1. The van der Waals surface area contributed by atoms with E-state index < -0.39 is 0 Å². The van der Waals surface area contributed by atoms with E-state index in [9.17, 15) is 4.79 Å². The Balaban J connectivity index is 1.94. The largest absolute Gasteiger partial charge is 0.382 e. The summed E-state index contributed by atoms with van der Waals surface area (Å²) >= 11 is 1.98. The van der Waals surface area contributed by atoms with E-state index in [4.69, 9.17) is 0 Å². The number of hydrogen-bond acceptors (Lipinski definition) is 3. The Morgan fingerprint density at radius 3 is 2.85 bits per heavy atom. The lowest BCUT2D eigenvalue weighted by atomic mass is 10.1. The topological polar surface area (TPSA) is 41.1 Å². The molecule has 0 aliphatic carbocycles. The zero-order valence-corrected chi connectivity index (χ0v) is 13.1. The maximum Gasteiger partial charge on any atom is 0.253 e. The predicted octanol–water partition coefficient (Wildman–Crippen LogP) is 3.52. The van der Waals surface area contributed by atoms with Crippen LogP contribution in [0.3, 0.4) is 0 Å². The zero-order chi connectivity index (χ0) is 14.4. The molecule has 0 saturated carbocycles. The second-order valence-electron chi connectivity index (χ2n) is 5.54. The zero-order valence-electron chi connectivity index (χ0n) is 12.3. The third-order valence-corrected chi connectivity index (χ3v) is 4.78. The van der Waals surface area contributed by atoms with Gasteiger partial charge >= 0.3 is 0 Å². The normalized spacial score (nSPS) is 18.9. The van der Waals surface area contributed by atoms with Crippen molar-refractivity contribution < 1.29 is 4.79 Å². The number of nitrogens with one attached hydrogen (secondary N) is 2. The summed E-state index contributed by atoms with van der Waals surface area (Å²) in [6.45, 7) is 4.93. The Kier molecular flexibility index (Phi) is 5.77. The van der Waals surface area contributed by atoms with Crippen molar-refractivity contribution in [1.82, 2.24) is 5.32 Å². The quantitative estimate of drug-likeness (QED) is 0.872. The van der Waals surface area contributed by atoms with Gasteiger partial charge in [0.05, 0.1) is 5.56 Å². The lowest BCUT2D eigenvalue weighted by Gasteiger charge is -2.22. The highest BCUT2D eigenvalue weighted by Crippen LogP contribution is 2.24. The van der Waals surface area contributed by atoms with E-state index in [1.807, 2.05) is 36.0 Å². The van der Waals surface area contributed by atoms with Crippen molar-refractivity contribution in [2.45, 2.75) is 44.4 Å². The standard InChI is InChI=1S/C16H24N2OS/c1-12(2)18-15-9-4-3-8-14(15)16(19)17-11-13-7-5-6-10-20-13/h3-4,8-9,12-13,18H,5-7,10-11H2,1-2H3,(H,17,19). The molecule has 1 atom stereocenters. The van der Waals surface area contributed by atoms with Gasteiger partial charge in [0.15, 0.2) is 0 Å². The fraction of sp³-hybridized carbons (Fsp3) is 0.562. The van der Waals surface area contributed by atoms with Gasteiger partial charge in [0, 0.05) is 23.5 Å². The van der Waals surface area contributed by atoms with Crippen LogP contribution in [0.5, 0.6) is 0 Å². The van der Waals surface area contributed by atoms with Crippen LogP contribution in [-0.2, 0) is 0 Å². The van der Waals surface area contributed by atoms with E-state index in [0.717, 1.165) is 17.8 Å². The van der Waals surface area contributed by atoms with Crippen molar-refractivity contribution in [2.75, 3.05) is 17.6 Å². The van der Waals surface area contributed by atoms with E-state index in [1.165, 1.54) is 25.0 Å². The number of benzene rings is 1. The van der Waals surface area contributed by atoms with Crippen LogP contribution < -0.4 is 10.6 Å². The summed E-state index contributed by atoms with van der Waals surface area (Å²) in [5.41, 5.74) is 1.65. The van der Waals surface area contributed by atoms with Crippen LogP contribution in [0.2, 0.25) is 0 Å². The molecule has 1 heterocycles. The first-order valence-electron chi connectivity index (χ1n) is 7.42. The molecule has 2 rings (SSSR count). The summed E-state index contributed by atoms with van der Waals surface area (Å²) < 4.78 is 0. The first kappa shape index (κ1) is 15.2. The Hall–Kier alpha value is -1.16. The van der Waals surface area contributed by atoms with Gasteiger partial charge < -0.3 is 10.6 Å². The summed E-state index contributed by atoms with van der Waals surface area (Å²) in [6, 6.07) is 8.03. The minimum Gasteiger partial charge on any atom is -0.382 e. The summed E-state index contributed by atoms with van der Waals surface area (Å²) in [5, 5.41) is 6.99. The molecule has 1 aliphatic heterocycles. The summed E-state index contributed by atoms with van der Waals surface area (Å²) in [6.07, 6.45) is 3.83.